The molecule has 0 aromatic heterocycles. The van der Waals surface area contributed by atoms with Crippen LogP contribution < -0.4 is 27.4 Å². The number of benzene rings is 1. The molecule has 0 aliphatic heterocycles. The summed E-state index contributed by atoms with van der Waals surface area (Å²) in [4.78, 5) is 82.8. The third kappa shape index (κ3) is 11.9. The predicted octanol–water partition coefficient (Wildman–Crippen LogP) is -2.30. The van der Waals surface area contributed by atoms with E-state index in [1.54, 1.807) is 30.3 Å². The van der Waals surface area contributed by atoms with Crippen molar-refractivity contribution in [2.45, 2.75) is 62.7 Å². The molecule has 15 heteroatoms. The zero-order valence-corrected chi connectivity index (χ0v) is 20.3. The van der Waals surface area contributed by atoms with Gasteiger partial charge in [-0.25, -0.2) is 4.79 Å². The van der Waals surface area contributed by atoms with Gasteiger partial charge in [0.25, 0.3) is 0 Å². The molecule has 4 atom stereocenters. The van der Waals surface area contributed by atoms with E-state index in [9.17, 15) is 38.7 Å². The maximum absolute atomic E-state index is 13.2. The number of carbonyl (C=O) groups is 7. The molecule has 10 N–H and O–H groups in total. The van der Waals surface area contributed by atoms with Crippen molar-refractivity contribution in [1.82, 2.24) is 16.0 Å². The number of nitrogens with one attached hydrogen (secondary N) is 3. The monoisotopic (exact) mass is 537 g/mol. The van der Waals surface area contributed by atoms with Gasteiger partial charge in [0.15, 0.2) is 0 Å². The first-order valence-electron chi connectivity index (χ1n) is 11.5. The number of hydrogen-bond donors (Lipinski definition) is 8. The van der Waals surface area contributed by atoms with Crippen molar-refractivity contribution in [2.24, 2.45) is 11.5 Å². The molecule has 0 spiro atoms. The fourth-order valence-corrected chi connectivity index (χ4v) is 3.22. The molecule has 1 aromatic rings. The Kier molecular flexibility index (Phi) is 12.9. The summed E-state index contributed by atoms with van der Waals surface area (Å²) in [6, 6.07) is 2.50. The normalized spacial score (nSPS) is 13.7. The smallest absolute Gasteiger partial charge is 0.326 e. The molecule has 0 bridgehead atoms. The summed E-state index contributed by atoms with van der Waals surface area (Å²) in [5.74, 6) is -7.99. The van der Waals surface area contributed by atoms with E-state index < -0.39 is 85.0 Å². The minimum atomic E-state index is -1.84. The quantitative estimate of drug-likeness (QED) is 0.105. The van der Waals surface area contributed by atoms with Gasteiger partial charge in [-0.05, 0) is 18.4 Å². The van der Waals surface area contributed by atoms with Crippen LogP contribution in [0.5, 0.6) is 0 Å². The third-order valence-corrected chi connectivity index (χ3v) is 5.23. The third-order valence-electron chi connectivity index (χ3n) is 5.23. The molecule has 1 aromatic carbocycles. The van der Waals surface area contributed by atoms with Crippen molar-refractivity contribution in [3.8, 4) is 0 Å². The van der Waals surface area contributed by atoms with Crippen LogP contribution in [0.2, 0.25) is 0 Å². The summed E-state index contributed by atoms with van der Waals surface area (Å²) in [5, 5.41) is 33.8. The van der Waals surface area contributed by atoms with Crippen LogP contribution in [0.4, 0.5) is 0 Å². The van der Waals surface area contributed by atoms with E-state index in [1.807, 2.05) is 5.32 Å². The molecule has 0 saturated heterocycles. The van der Waals surface area contributed by atoms with Crippen LogP contribution in [0.3, 0.4) is 0 Å². The highest BCUT2D eigenvalue weighted by Crippen LogP contribution is 2.07. The number of hydrogen-bond acceptors (Lipinski definition) is 8. The van der Waals surface area contributed by atoms with Gasteiger partial charge in [0.05, 0.1) is 12.5 Å². The Bertz CT molecular complexity index is 1030. The minimum absolute atomic E-state index is 0.0645. The van der Waals surface area contributed by atoms with E-state index in [0.717, 1.165) is 0 Å². The van der Waals surface area contributed by atoms with Crippen molar-refractivity contribution in [3.05, 3.63) is 35.9 Å². The highest BCUT2D eigenvalue weighted by atomic mass is 16.4. The largest absolute Gasteiger partial charge is 0.481 e. The Labute approximate surface area is 216 Å². The maximum Gasteiger partial charge on any atom is 0.326 e. The average molecular weight is 538 g/mol. The van der Waals surface area contributed by atoms with Crippen molar-refractivity contribution < 1.29 is 48.9 Å². The van der Waals surface area contributed by atoms with Crippen LogP contribution in [0, 0.1) is 0 Å². The molecule has 4 amide bonds. The molecule has 0 heterocycles. The molecular weight excluding hydrogens is 506 g/mol. The molecule has 1 rings (SSSR count). The second-order valence-electron chi connectivity index (χ2n) is 8.35. The predicted molar refractivity (Wildman–Crippen MR) is 129 cm³/mol. The molecule has 208 valence electrons. The van der Waals surface area contributed by atoms with E-state index in [4.69, 9.17) is 21.7 Å². The van der Waals surface area contributed by atoms with E-state index in [1.165, 1.54) is 0 Å². The van der Waals surface area contributed by atoms with Crippen molar-refractivity contribution in [1.29, 1.82) is 0 Å². The summed E-state index contributed by atoms with van der Waals surface area (Å²) in [6.07, 6.45) is -2.35. The van der Waals surface area contributed by atoms with Gasteiger partial charge in [-0.1, -0.05) is 30.3 Å². The molecule has 4 unspecified atom stereocenters. The molecule has 38 heavy (non-hydrogen) atoms. The zero-order valence-electron chi connectivity index (χ0n) is 20.3. The number of aliphatic carboxylic acids is 3. The van der Waals surface area contributed by atoms with Gasteiger partial charge in [0.1, 0.15) is 18.1 Å². The molecule has 0 radical (unpaired) electrons. The summed E-state index contributed by atoms with van der Waals surface area (Å²) in [6.45, 7) is 0. The topological polar surface area (TPSA) is 268 Å². The lowest BCUT2D eigenvalue weighted by molar-refractivity contribution is -0.147. The first kappa shape index (κ1) is 31.5. The Hall–Kier alpha value is -4.53. The number of rotatable bonds is 17. The Morgan fingerprint density at radius 2 is 1.26 bits per heavy atom. The highest BCUT2D eigenvalue weighted by molar-refractivity contribution is 5.95. The van der Waals surface area contributed by atoms with Crippen molar-refractivity contribution >= 4 is 41.5 Å². The summed E-state index contributed by atoms with van der Waals surface area (Å²) in [7, 11) is 0. The van der Waals surface area contributed by atoms with Crippen LogP contribution in [0.25, 0.3) is 0 Å². The van der Waals surface area contributed by atoms with Crippen LogP contribution in [-0.4, -0.2) is 81.0 Å². The van der Waals surface area contributed by atoms with Gasteiger partial charge in [-0.3, -0.25) is 28.8 Å². The number of carboxylic acids is 3. The second-order valence-corrected chi connectivity index (χ2v) is 8.35. The first-order chi connectivity index (χ1) is 17.8. The number of amides is 4. The fourth-order valence-electron chi connectivity index (χ4n) is 3.22. The lowest BCUT2D eigenvalue weighted by Crippen LogP contribution is -2.57. The number of nitrogens with two attached hydrogens (primary N) is 2. The van der Waals surface area contributed by atoms with E-state index in [-0.39, 0.29) is 19.3 Å². The van der Waals surface area contributed by atoms with Gasteiger partial charge in [-0.2, -0.15) is 0 Å². The highest BCUT2D eigenvalue weighted by Gasteiger charge is 2.31. The standard InChI is InChI=1S/C23H31N5O10/c24-13(6-8-17(25)29)20(34)27-15(10-12-4-2-1-3-5-12)22(36)26-14(7-9-18(30)31)21(35)28-16(23(37)38)11-19(32)33/h1-5,13-16H,6-11,24H2,(H2,25,29)(H,26,36)(H,27,34)(H,28,35)(H,30,31)(H,32,33)(H,37,38). The lowest BCUT2D eigenvalue weighted by Gasteiger charge is -2.25. The lowest BCUT2D eigenvalue weighted by atomic mass is 10.0. The number of carboxylic acid groups (broad SMARTS) is 3. The fraction of sp³-hybridized carbons (Fsp3) is 0.435. The maximum atomic E-state index is 13.2. The summed E-state index contributed by atoms with van der Waals surface area (Å²) in [5.41, 5.74) is 11.5. The molecule has 0 fully saturated rings. The van der Waals surface area contributed by atoms with Crippen LogP contribution >= 0.6 is 0 Å². The first-order valence-corrected chi connectivity index (χ1v) is 11.5. The van der Waals surface area contributed by atoms with E-state index >= 15 is 0 Å². The number of primary amides is 1. The van der Waals surface area contributed by atoms with E-state index in [2.05, 4.69) is 10.6 Å². The van der Waals surface area contributed by atoms with Gasteiger partial charge in [0, 0.05) is 19.3 Å². The van der Waals surface area contributed by atoms with E-state index in [0.29, 0.717) is 5.56 Å². The van der Waals surface area contributed by atoms with Gasteiger partial charge < -0.3 is 42.7 Å². The second kappa shape index (κ2) is 15.6. The van der Waals surface area contributed by atoms with Gasteiger partial charge >= 0.3 is 17.9 Å². The Morgan fingerprint density at radius 3 is 1.79 bits per heavy atom. The molecule has 0 aliphatic carbocycles. The Balaban J connectivity index is 3.13. The SMILES string of the molecule is NC(=O)CCC(N)C(=O)NC(Cc1ccccc1)C(=O)NC(CCC(=O)O)C(=O)NC(CC(=O)O)C(=O)O. The molecular formula is C23H31N5O10. The molecule has 15 nitrogen and oxygen atoms in total. The van der Waals surface area contributed by atoms with Gasteiger partial charge in [0.2, 0.25) is 23.6 Å². The average Bonchev–Trinajstić information content (AvgIpc) is 2.83. The number of carbonyl (C=O) groups excluding carboxylic acids is 4. The molecule has 0 aliphatic rings. The van der Waals surface area contributed by atoms with Crippen molar-refractivity contribution in [3.63, 3.8) is 0 Å². The van der Waals surface area contributed by atoms with Crippen LogP contribution in [0.1, 0.15) is 37.7 Å². The zero-order chi connectivity index (χ0) is 28.8. The summed E-state index contributed by atoms with van der Waals surface area (Å²) < 4.78 is 0. The minimum Gasteiger partial charge on any atom is -0.481 e. The summed E-state index contributed by atoms with van der Waals surface area (Å²) >= 11 is 0. The van der Waals surface area contributed by atoms with Gasteiger partial charge in [-0.15, -0.1) is 0 Å². The molecule has 0 saturated carbocycles. The van der Waals surface area contributed by atoms with Crippen LogP contribution in [0.15, 0.2) is 30.3 Å². The van der Waals surface area contributed by atoms with Crippen LogP contribution in [-0.2, 0) is 40.0 Å². The van der Waals surface area contributed by atoms with Crippen molar-refractivity contribution in [2.75, 3.05) is 0 Å². The Morgan fingerprint density at radius 1 is 0.711 bits per heavy atom.